The van der Waals surface area contributed by atoms with Gasteiger partial charge in [-0.1, -0.05) is 18.2 Å². The summed E-state index contributed by atoms with van der Waals surface area (Å²) in [6, 6.07) is 17.7. The summed E-state index contributed by atoms with van der Waals surface area (Å²) in [4.78, 5) is 53.1. The number of nitro groups is 4. The fraction of sp³-hybridized carbons (Fsp3) is 0.0312. The van der Waals surface area contributed by atoms with Crippen molar-refractivity contribution in [1.29, 1.82) is 0 Å². The van der Waals surface area contributed by atoms with Crippen LogP contribution in [0.1, 0.15) is 27.0 Å². The van der Waals surface area contributed by atoms with E-state index in [0.29, 0.717) is 29.8 Å². The maximum absolute atomic E-state index is 13.4. The van der Waals surface area contributed by atoms with Crippen molar-refractivity contribution in [3.63, 3.8) is 0 Å². The fourth-order valence-corrected chi connectivity index (χ4v) is 8.61. The number of esters is 1. The Morgan fingerprint density at radius 1 is 0.545 bits per heavy atom. The smallest absolute Gasteiger partial charge is 0.340 e. The number of nitrogens with one attached hydrogen (secondary N) is 2. The number of hydrogen-bond donors (Lipinski definition) is 2. The summed E-state index contributed by atoms with van der Waals surface area (Å²) < 4.78 is 70.1. The molecule has 2 N–H and O–H groups in total. The zero-order chi connectivity index (χ0) is 39.6. The van der Waals surface area contributed by atoms with E-state index in [1.165, 1.54) is 30.3 Å². The maximum Gasteiger partial charge on any atom is 0.340 e. The zero-order valence-corrected chi connectivity index (χ0v) is 28.6. The summed E-state index contributed by atoms with van der Waals surface area (Å²) in [6.07, 6.45) is 0. The predicted octanol–water partition coefficient (Wildman–Crippen LogP) is 5.49. The Morgan fingerprint density at radius 3 is 1.44 bits per heavy atom. The van der Waals surface area contributed by atoms with Gasteiger partial charge in [-0.3, -0.25) is 49.9 Å². The van der Waals surface area contributed by atoms with Crippen LogP contribution in [0, 0.1) is 40.5 Å². The quantitative estimate of drug-likeness (QED) is 0.100. The zero-order valence-electron chi connectivity index (χ0n) is 27.0. The van der Waals surface area contributed by atoms with Crippen LogP contribution in [0.15, 0.2) is 107 Å². The van der Waals surface area contributed by atoms with Crippen LogP contribution in [0.4, 0.5) is 34.1 Å². The van der Waals surface area contributed by atoms with Crippen molar-refractivity contribution in [2.45, 2.75) is 15.4 Å². The van der Waals surface area contributed by atoms with Crippen molar-refractivity contribution in [3.05, 3.63) is 160 Å². The maximum atomic E-state index is 13.4. The van der Waals surface area contributed by atoms with Gasteiger partial charge in [0.15, 0.2) is 15.4 Å². The number of nitrogens with zero attached hydrogens (tertiary/aromatic N) is 4. The molecular formula is C32H18N6O15S2. The van der Waals surface area contributed by atoms with E-state index in [-0.39, 0.29) is 39.6 Å². The molecule has 55 heavy (non-hydrogen) atoms. The lowest BCUT2D eigenvalue weighted by Crippen LogP contribution is -2.33. The largest absolute Gasteiger partial charge is 0.456 e. The fourth-order valence-electron chi connectivity index (χ4n) is 6.20. The molecule has 0 bridgehead atoms. The second-order valence-corrected chi connectivity index (χ2v) is 15.0. The van der Waals surface area contributed by atoms with Gasteiger partial charge in [-0.05, 0) is 42.5 Å². The third kappa shape index (κ3) is 5.93. The molecule has 21 nitrogen and oxygen atoms in total. The molecule has 0 atom stereocenters. The number of ether oxygens (including phenoxy) is 2. The van der Waals surface area contributed by atoms with Gasteiger partial charge in [-0.25, -0.2) is 21.6 Å². The van der Waals surface area contributed by atoms with E-state index in [2.05, 4.69) is 9.44 Å². The summed E-state index contributed by atoms with van der Waals surface area (Å²) in [5, 5.41) is 45.7. The molecule has 0 amide bonds. The molecule has 23 heteroatoms. The van der Waals surface area contributed by atoms with Crippen molar-refractivity contribution in [2.24, 2.45) is 0 Å². The first-order chi connectivity index (χ1) is 25.9. The number of carbonyl (C=O) groups is 1. The molecule has 2 aliphatic heterocycles. The SMILES string of the molecule is O=C1OC2(c3ccc(NS(=O)(=O)c4ccc([N+](=O)[O-])cc4[N+](=O)[O-])cc3Oc3cc(NS(=O)(=O)c4ccc([N+](=O)[O-])cc4[N+](=O)[O-])ccc32)c2ccccc21. The molecule has 1 spiro atoms. The number of anilines is 2. The number of nitro benzene ring substituents is 4. The number of benzene rings is 5. The van der Waals surface area contributed by atoms with Crippen LogP contribution in [-0.2, 0) is 30.4 Å². The van der Waals surface area contributed by atoms with Gasteiger partial charge in [0.2, 0.25) is 0 Å². The van der Waals surface area contributed by atoms with Gasteiger partial charge in [0, 0.05) is 41.0 Å². The van der Waals surface area contributed by atoms with Crippen molar-refractivity contribution in [2.75, 3.05) is 9.44 Å². The lowest BCUT2D eigenvalue weighted by molar-refractivity contribution is -0.396. The molecule has 0 radical (unpaired) electrons. The molecule has 2 aliphatic rings. The summed E-state index contributed by atoms with van der Waals surface area (Å²) in [5.74, 6) is -1.03. The number of sulfonamides is 2. The van der Waals surface area contributed by atoms with E-state index in [1.54, 1.807) is 18.2 Å². The van der Waals surface area contributed by atoms with Gasteiger partial charge in [0.25, 0.3) is 42.8 Å². The van der Waals surface area contributed by atoms with E-state index in [9.17, 15) is 62.1 Å². The Labute approximate surface area is 306 Å². The third-order valence-corrected chi connectivity index (χ3v) is 11.4. The number of rotatable bonds is 10. The monoisotopic (exact) mass is 790 g/mol. The van der Waals surface area contributed by atoms with E-state index < -0.39 is 83.9 Å². The van der Waals surface area contributed by atoms with Crippen LogP contribution >= 0.6 is 0 Å². The first kappa shape index (κ1) is 35.9. The summed E-state index contributed by atoms with van der Waals surface area (Å²) >= 11 is 0. The average Bonchev–Trinajstić information content (AvgIpc) is 3.42. The second kappa shape index (κ2) is 12.6. The number of hydrogen-bond acceptors (Lipinski definition) is 15. The van der Waals surface area contributed by atoms with E-state index in [0.717, 1.165) is 24.3 Å². The number of non-ortho nitro benzene ring substituents is 2. The lowest BCUT2D eigenvalue weighted by Gasteiger charge is -2.36. The van der Waals surface area contributed by atoms with Gasteiger partial charge in [0.05, 0.1) is 48.8 Å². The summed E-state index contributed by atoms with van der Waals surface area (Å²) in [5.41, 5.74) is -4.97. The molecule has 0 unspecified atom stereocenters. The molecule has 0 aliphatic carbocycles. The van der Waals surface area contributed by atoms with Crippen LogP contribution in [-0.4, -0.2) is 42.5 Å². The van der Waals surface area contributed by atoms with Crippen molar-refractivity contribution < 1.29 is 50.8 Å². The van der Waals surface area contributed by atoms with Gasteiger partial charge in [-0.15, -0.1) is 0 Å². The first-order valence-corrected chi connectivity index (χ1v) is 18.1. The van der Waals surface area contributed by atoms with Crippen LogP contribution < -0.4 is 14.2 Å². The van der Waals surface area contributed by atoms with Crippen molar-refractivity contribution >= 4 is 60.1 Å². The molecule has 5 aromatic rings. The van der Waals surface area contributed by atoms with Crippen LogP contribution in [0.2, 0.25) is 0 Å². The third-order valence-electron chi connectivity index (χ3n) is 8.50. The van der Waals surface area contributed by atoms with Gasteiger partial charge < -0.3 is 9.47 Å². The van der Waals surface area contributed by atoms with Crippen LogP contribution in [0.5, 0.6) is 11.5 Å². The second-order valence-electron chi connectivity index (χ2n) is 11.7. The first-order valence-electron chi connectivity index (χ1n) is 15.1. The molecule has 0 aromatic heterocycles. The van der Waals surface area contributed by atoms with Gasteiger partial charge >= 0.3 is 5.97 Å². The highest BCUT2D eigenvalue weighted by Gasteiger charge is 2.53. The summed E-state index contributed by atoms with van der Waals surface area (Å²) in [7, 11) is -9.58. The number of fused-ring (bicyclic) bond motifs is 6. The molecule has 0 fully saturated rings. The van der Waals surface area contributed by atoms with Crippen LogP contribution in [0.3, 0.4) is 0 Å². The van der Waals surface area contributed by atoms with Crippen molar-refractivity contribution in [3.8, 4) is 11.5 Å². The van der Waals surface area contributed by atoms with E-state index in [4.69, 9.17) is 9.47 Å². The highest BCUT2D eigenvalue weighted by molar-refractivity contribution is 7.93. The van der Waals surface area contributed by atoms with Crippen LogP contribution in [0.25, 0.3) is 0 Å². The summed E-state index contributed by atoms with van der Waals surface area (Å²) in [6.45, 7) is 0. The highest BCUT2D eigenvalue weighted by Crippen LogP contribution is 2.57. The number of carbonyl (C=O) groups excluding carboxylic acids is 1. The minimum Gasteiger partial charge on any atom is -0.456 e. The van der Waals surface area contributed by atoms with Crippen molar-refractivity contribution in [1.82, 2.24) is 0 Å². The lowest BCUT2D eigenvalue weighted by atomic mass is 9.77. The average molecular weight is 791 g/mol. The van der Waals surface area contributed by atoms with Gasteiger partial charge in [0.1, 0.15) is 11.5 Å². The molecule has 7 rings (SSSR count). The van der Waals surface area contributed by atoms with E-state index in [1.807, 2.05) is 0 Å². The molecule has 278 valence electrons. The minimum absolute atomic E-state index is 0.138. The predicted molar refractivity (Wildman–Crippen MR) is 186 cm³/mol. The Bertz CT molecular complexity index is 2650. The normalized spacial score (nSPS) is 13.7. The Balaban J connectivity index is 1.32. The molecule has 0 saturated carbocycles. The molecular weight excluding hydrogens is 773 g/mol. The van der Waals surface area contributed by atoms with Gasteiger partial charge in [-0.2, -0.15) is 0 Å². The molecule has 0 saturated heterocycles. The topological polar surface area (TPSA) is 300 Å². The highest BCUT2D eigenvalue weighted by atomic mass is 32.2. The Morgan fingerprint density at radius 2 is 1.00 bits per heavy atom. The minimum atomic E-state index is -4.79. The Kier molecular flexibility index (Phi) is 8.19. The molecule has 2 heterocycles. The van der Waals surface area contributed by atoms with E-state index >= 15 is 0 Å². The standard InChI is InChI=1S/C32H18N6O15S2/c39-31-21-3-1-2-4-22(21)32(53-31)23-9-5-17(33-54(48,49)29-11-7-19(35(40)41)15-25(29)37(44)45)13-27(23)52-28-14-18(6-10-24(28)32)34-55(50,51)30-12-8-20(36(42)43)16-26(30)38(46)47/h1-16,33-34H. The Hall–Kier alpha value is -7.53. The molecule has 5 aromatic carbocycles.